The number of aliphatic hydroxyl groups is 1. The Bertz CT molecular complexity index is 1280. The topological polar surface area (TPSA) is 66.8 Å². The van der Waals surface area contributed by atoms with E-state index in [1.54, 1.807) is 26.0 Å². The highest BCUT2D eigenvalue weighted by molar-refractivity contribution is 6.51. The molecule has 0 aliphatic carbocycles. The summed E-state index contributed by atoms with van der Waals surface area (Å²) in [7, 11) is 1.53. The zero-order valence-electron chi connectivity index (χ0n) is 18.2. The SMILES string of the molecule is COc1cc(C)c(/C(O)=C2\C(=O)C(=O)N(c3ccc(F)cc3)C2c2ccc(F)cc2)cc1C. The van der Waals surface area contributed by atoms with E-state index in [4.69, 9.17) is 4.74 Å². The van der Waals surface area contributed by atoms with Crippen LogP contribution in [0, 0.1) is 25.5 Å². The minimum atomic E-state index is -1.03. The summed E-state index contributed by atoms with van der Waals surface area (Å²) in [5.74, 6) is -2.49. The van der Waals surface area contributed by atoms with E-state index >= 15 is 0 Å². The molecule has 1 N–H and O–H groups in total. The molecule has 1 aliphatic heterocycles. The molecule has 1 saturated heterocycles. The zero-order valence-corrected chi connectivity index (χ0v) is 18.2. The van der Waals surface area contributed by atoms with Crippen LogP contribution in [0.25, 0.3) is 5.76 Å². The van der Waals surface area contributed by atoms with Crippen molar-refractivity contribution in [2.24, 2.45) is 0 Å². The molecule has 1 unspecified atom stereocenters. The summed E-state index contributed by atoms with van der Waals surface area (Å²) >= 11 is 0. The molecule has 0 saturated carbocycles. The van der Waals surface area contributed by atoms with Gasteiger partial charge in [0.1, 0.15) is 23.1 Å². The second-order valence-corrected chi connectivity index (χ2v) is 7.83. The zero-order chi connectivity index (χ0) is 23.9. The van der Waals surface area contributed by atoms with Crippen LogP contribution >= 0.6 is 0 Å². The number of ketones is 1. The maximum atomic E-state index is 13.6. The number of anilines is 1. The van der Waals surface area contributed by atoms with Crippen molar-refractivity contribution in [1.29, 1.82) is 0 Å². The summed E-state index contributed by atoms with van der Waals surface area (Å²) in [6, 6.07) is 12.8. The van der Waals surface area contributed by atoms with Crippen molar-refractivity contribution in [3.05, 3.63) is 100 Å². The Balaban J connectivity index is 1.96. The molecule has 3 aromatic carbocycles. The van der Waals surface area contributed by atoms with Gasteiger partial charge in [-0.15, -0.1) is 0 Å². The first-order valence-corrected chi connectivity index (χ1v) is 10.2. The lowest BCUT2D eigenvalue weighted by Crippen LogP contribution is -2.29. The Hall–Kier alpha value is -4.00. The minimum Gasteiger partial charge on any atom is -0.507 e. The van der Waals surface area contributed by atoms with Gasteiger partial charge in [0.15, 0.2) is 0 Å². The molecular formula is C26H21F2NO4. The summed E-state index contributed by atoms with van der Waals surface area (Å²) in [4.78, 5) is 27.4. The largest absolute Gasteiger partial charge is 0.507 e. The van der Waals surface area contributed by atoms with Crippen LogP contribution in [0.2, 0.25) is 0 Å². The smallest absolute Gasteiger partial charge is 0.300 e. The molecule has 1 amide bonds. The van der Waals surface area contributed by atoms with Crippen LogP contribution in [0.3, 0.4) is 0 Å². The van der Waals surface area contributed by atoms with Crippen molar-refractivity contribution in [3.63, 3.8) is 0 Å². The number of amides is 1. The molecule has 33 heavy (non-hydrogen) atoms. The van der Waals surface area contributed by atoms with Crippen molar-refractivity contribution >= 4 is 23.1 Å². The first-order valence-electron chi connectivity index (χ1n) is 10.2. The van der Waals surface area contributed by atoms with Crippen LogP contribution in [-0.2, 0) is 9.59 Å². The number of benzene rings is 3. The summed E-state index contributed by atoms with van der Waals surface area (Å²) in [5.41, 5.74) is 2.30. The molecule has 5 nitrogen and oxygen atoms in total. The summed E-state index contributed by atoms with van der Waals surface area (Å²) in [6.45, 7) is 3.55. The van der Waals surface area contributed by atoms with E-state index in [0.29, 0.717) is 22.4 Å². The number of Topliss-reactive ketones (excluding diaryl/α,β-unsaturated/α-hetero) is 1. The molecule has 0 radical (unpaired) electrons. The molecule has 168 valence electrons. The molecule has 1 heterocycles. The maximum Gasteiger partial charge on any atom is 0.300 e. The van der Waals surface area contributed by atoms with E-state index in [9.17, 15) is 23.5 Å². The normalized spacial score (nSPS) is 17.5. The van der Waals surface area contributed by atoms with Crippen molar-refractivity contribution in [3.8, 4) is 5.75 Å². The van der Waals surface area contributed by atoms with Crippen molar-refractivity contribution in [1.82, 2.24) is 0 Å². The maximum absolute atomic E-state index is 13.6. The highest BCUT2D eigenvalue weighted by Crippen LogP contribution is 2.43. The summed E-state index contributed by atoms with van der Waals surface area (Å²) in [5, 5.41) is 11.3. The third-order valence-electron chi connectivity index (χ3n) is 5.73. The number of nitrogens with zero attached hydrogens (tertiary/aromatic N) is 1. The Labute approximate surface area is 189 Å². The Kier molecular flexibility index (Phi) is 5.72. The van der Waals surface area contributed by atoms with Crippen molar-refractivity contribution < 1.29 is 28.2 Å². The number of ether oxygens (including phenoxy) is 1. The Morgan fingerprint density at radius 1 is 0.909 bits per heavy atom. The second-order valence-electron chi connectivity index (χ2n) is 7.83. The first-order chi connectivity index (χ1) is 15.7. The van der Waals surface area contributed by atoms with Gasteiger partial charge in [-0.05, 0) is 79.1 Å². The van der Waals surface area contributed by atoms with E-state index in [-0.39, 0.29) is 17.0 Å². The number of carbonyl (C=O) groups excluding carboxylic acids is 2. The van der Waals surface area contributed by atoms with E-state index < -0.39 is 29.4 Å². The van der Waals surface area contributed by atoms with Gasteiger partial charge in [-0.25, -0.2) is 8.78 Å². The highest BCUT2D eigenvalue weighted by atomic mass is 19.1. The van der Waals surface area contributed by atoms with Gasteiger partial charge in [0, 0.05) is 11.3 Å². The lowest BCUT2D eigenvalue weighted by Gasteiger charge is -2.25. The van der Waals surface area contributed by atoms with Crippen molar-refractivity contribution in [2.45, 2.75) is 19.9 Å². The molecule has 1 aliphatic rings. The minimum absolute atomic E-state index is 0.136. The van der Waals surface area contributed by atoms with Gasteiger partial charge in [0.2, 0.25) is 0 Å². The van der Waals surface area contributed by atoms with E-state index in [2.05, 4.69) is 0 Å². The van der Waals surface area contributed by atoms with Gasteiger partial charge in [-0.3, -0.25) is 14.5 Å². The monoisotopic (exact) mass is 449 g/mol. The number of methoxy groups -OCH3 is 1. The van der Waals surface area contributed by atoms with E-state index in [1.807, 2.05) is 0 Å². The third kappa shape index (κ3) is 3.86. The number of halogens is 2. The molecule has 7 heteroatoms. The number of hydrogen-bond donors (Lipinski definition) is 1. The van der Waals surface area contributed by atoms with Crippen LogP contribution in [-0.4, -0.2) is 23.9 Å². The fourth-order valence-corrected chi connectivity index (χ4v) is 4.07. The van der Waals surface area contributed by atoms with Crippen molar-refractivity contribution in [2.75, 3.05) is 12.0 Å². The third-order valence-corrected chi connectivity index (χ3v) is 5.73. The van der Waals surface area contributed by atoms with E-state index in [0.717, 1.165) is 5.56 Å². The average Bonchev–Trinajstić information content (AvgIpc) is 3.06. The van der Waals surface area contributed by atoms with Gasteiger partial charge >= 0.3 is 0 Å². The van der Waals surface area contributed by atoms with Gasteiger partial charge < -0.3 is 9.84 Å². The molecule has 0 aromatic heterocycles. The Morgan fingerprint density at radius 3 is 2.06 bits per heavy atom. The van der Waals surface area contributed by atoms with Crippen LogP contribution in [0.4, 0.5) is 14.5 Å². The number of aryl methyl sites for hydroxylation is 2. The molecule has 0 spiro atoms. The average molecular weight is 449 g/mol. The fourth-order valence-electron chi connectivity index (χ4n) is 4.07. The lowest BCUT2D eigenvalue weighted by atomic mass is 9.93. The summed E-state index contributed by atoms with van der Waals surface area (Å²) in [6.07, 6.45) is 0. The number of hydrogen-bond acceptors (Lipinski definition) is 4. The fraction of sp³-hybridized carbons (Fsp3) is 0.154. The van der Waals surface area contributed by atoms with E-state index in [1.165, 1.54) is 60.5 Å². The molecule has 3 aromatic rings. The van der Waals surface area contributed by atoms with Gasteiger partial charge in [-0.2, -0.15) is 0 Å². The van der Waals surface area contributed by atoms with Crippen LogP contribution < -0.4 is 9.64 Å². The second kappa shape index (κ2) is 8.50. The van der Waals surface area contributed by atoms with Crippen LogP contribution in [0.15, 0.2) is 66.2 Å². The predicted molar refractivity (Wildman–Crippen MR) is 120 cm³/mol. The molecule has 1 atom stereocenters. The number of aliphatic hydroxyl groups excluding tert-OH is 1. The quantitative estimate of drug-likeness (QED) is 0.337. The number of carbonyl (C=O) groups is 2. The Morgan fingerprint density at radius 2 is 1.48 bits per heavy atom. The molecule has 4 rings (SSSR count). The van der Waals surface area contributed by atoms with Gasteiger partial charge in [0.05, 0.1) is 18.7 Å². The van der Waals surface area contributed by atoms with Crippen LogP contribution in [0.1, 0.15) is 28.3 Å². The standard InChI is InChI=1S/C26H21F2NO4/c1-14-13-21(33-3)15(2)12-20(14)24(30)22-23(16-4-6-17(27)7-5-16)29(26(32)25(22)31)19-10-8-18(28)9-11-19/h4-13,23,30H,1-3H3/b24-22+. The molecule has 1 fully saturated rings. The molecular weight excluding hydrogens is 428 g/mol. The molecule has 0 bridgehead atoms. The summed E-state index contributed by atoms with van der Waals surface area (Å²) < 4.78 is 32.4. The number of rotatable bonds is 4. The lowest BCUT2D eigenvalue weighted by molar-refractivity contribution is -0.132. The van der Waals surface area contributed by atoms with Gasteiger partial charge in [-0.1, -0.05) is 12.1 Å². The highest BCUT2D eigenvalue weighted by Gasteiger charge is 2.47. The van der Waals surface area contributed by atoms with Gasteiger partial charge in [0.25, 0.3) is 11.7 Å². The first kappa shape index (κ1) is 22.2. The predicted octanol–water partition coefficient (Wildman–Crippen LogP) is 5.22. The van der Waals surface area contributed by atoms with Crippen LogP contribution in [0.5, 0.6) is 5.75 Å².